The smallest absolute Gasteiger partial charge is 0.0158 e. The van der Waals surface area contributed by atoms with Crippen molar-refractivity contribution in [3.8, 4) is 22.3 Å². The van der Waals surface area contributed by atoms with Gasteiger partial charge >= 0.3 is 0 Å². The van der Waals surface area contributed by atoms with Crippen molar-refractivity contribution < 1.29 is 0 Å². The fourth-order valence-corrected chi connectivity index (χ4v) is 9.93. The summed E-state index contributed by atoms with van der Waals surface area (Å²) in [5.41, 5.74) is 20.4. The first-order valence-corrected chi connectivity index (χ1v) is 25.5. The molecule has 0 spiro atoms. The average molecular weight is 929 g/mol. The SMILES string of the molecule is C=C/C=C(\C=C/C)c1ccc(C)cc1.C=CC.C=CCC(/C=C\C)C1=CC(c2c(Cc3ccc(-c4ccc(C)cc4)cc3)ccc3ccccc23)C(C)C=C1.Cc1ccc2c(c1)-c1ccccc1C2(C)C. The second-order valence-corrected chi connectivity index (χ2v) is 19.5. The molecule has 0 saturated carbocycles. The Morgan fingerprint density at radius 1 is 0.648 bits per heavy atom. The lowest BCUT2D eigenvalue weighted by Gasteiger charge is -2.29. The lowest BCUT2D eigenvalue weighted by Crippen LogP contribution is -2.15. The molecule has 0 bridgehead atoms. The van der Waals surface area contributed by atoms with Gasteiger partial charge in [-0.3, -0.25) is 0 Å². The number of hydrogen-bond acceptors (Lipinski definition) is 0. The zero-order chi connectivity index (χ0) is 50.9. The van der Waals surface area contributed by atoms with Gasteiger partial charge in [-0.15, -0.1) is 13.2 Å². The topological polar surface area (TPSA) is 0 Å². The molecule has 0 heteroatoms. The van der Waals surface area contributed by atoms with E-state index in [9.17, 15) is 0 Å². The summed E-state index contributed by atoms with van der Waals surface area (Å²) in [5.74, 6) is 1.14. The molecule has 3 unspecified atom stereocenters. The summed E-state index contributed by atoms with van der Waals surface area (Å²) >= 11 is 0. The highest BCUT2D eigenvalue weighted by Crippen LogP contribution is 2.48. The largest absolute Gasteiger partial charge is 0.103 e. The summed E-state index contributed by atoms with van der Waals surface area (Å²) in [4.78, 5) is 0. The van der Waals surface area contributed by atoms with Crippen molar-refractivity contribution in [2.45, 2.75) is 86.5 Å². The molecule has 7 aromatic rings. The Labute approximate surface area is 428 Å². The molecule has 0 amide bonds. The van der Waals surface area contributed by atoms with Crippen LogP contribution in [0.3, 0.4) is 0 Å². The summed E-state index contributed by atoms with van der Waals surface area (Å²) in [5, 5.41) is 2.68. The van der Waals surface area contributed by atoms with Gasteiger partial charge in [0.2, 0.25) is 0 Å². The van der Waals surface area contributed by atoms with Crippen molar-refractivity contribution >= 4 is 16.3 Å². The quantitative estimate of drug-likeness (QED) is 0.0896. The number of rotatable bonds is 11. The minimum absolute atomic E-state index is 0.152. The zero-order valence-electron chi connectivity index (χ0n) is 44.1. The van der Waals surface area contributed by atoms with Gasteiger partial charge in [0.25, 0.3) is 0 Å². The molecule has 2 aliphatic carbocycles. The lowest BCUT2D eigenvalue weighted by atomic mass is 9.75. The van der Waals surface area contributed by atoms with Gasteiger partial charge in [-0.2, -0.15) is 0 Å². The van der Waals surface area contributed by atoms with Gasteiger partial charge in [-0.05, 0) is 138 Å². The molecule has 71 heavy (non-hydrogen) atoms. The van der Waals surface area contributed by atoms with Crippen LogP contribution < -0.4 is 0 Å². The second kappa shape index (κ2) is 25.5. The first-order chi connectivity index (χ1) is 34.4. The van der Waals surface area contributed by atoms with E-state index in [1.807, 2.05) is 38.2 Å². The standard InChI is InChI=1S/C38H38.C16H16.C14H16.C3H6/c1-5-9-30(10-6-2)34-20-15-28(4)37(26-34)38-35(24-23-33-11-7-8-12-36(33)38)25-29-16-21-32(22-17-29)31-18-13-27(3)14-19-31;1-11-8-9-15-13(10-11)12-6-4-5-7-14(12)16(15,2)3;1-4-6-13(7-5-2)14-10-8-12(3)9-11-14;1-3-2/h5-8,10-24,26,28,30,37H,1,9,25H2,2-4H3;4-10H,1-3H3;4-11H,1H2,2-3H3;3H,1H2,2H3/b10-6-;;7-5-,13-6+;. The van der Waals surface area contributed by atoms with E-state index < -0.39 is 0 Å². The molecular formula is C71H76. The van der Waals surface area contributed by atoms with E-state index in [-0.39, 0.29) is 5.41 Å². The molecule has 0 heterocycles. The number of allylic oxidation sites excluding steroid dienone is 13. The van der Waals surface area contributed by atoms with Crippen molar-refractivity contribution in [2.24, 2.45) is 11.8 Å². The molecule has 0 N–H and O–H groups in total. The predicted molar refractivity (Wildman–Crippen MR) is 314 cm³/mol. The Morgan fingerprint density at radius 3 is 1.90 bits per heavy atom. The van der Waals surface area contributed by atoms with Crippen LogP contribution in [0.25, 0.3) is 38.6 Å². The molecule has 2 aliphatic rings. The minimum atomic E-state index is 0.152. The van der Waals surface area contributed by atoms with E-state index in [2.05, 4.69) is 256 Å². The fraction of sp³-hybridized carbons (Fsp3) is 0.211. The molecule has 0 saturated heterocycles. The van der Waals surface area contributed by atoms with Crippen LogP contribution in [-0.2, 0) is 11.8 Å². The summed E-state index contributed by atoms with van der Waals surface area (Å²) in [7, 11) is 0. The molecule has 360 valence electrons. The highest BCUT2D eigenvalue weighted by atomic mass is 14.4. The van der Waals surface area contributed by atoms with E-state index in [1.54, 1.807) is 6.08 Å². The third-order valence-electron chi connectivity index (χ3n) is 13.7. The molecular weight excluding hydrogens is 853 g/mol. The molecule has 3 atom stereocenters. The Morgan fingerprint density at radius 2 is 1.25 bits per heavy atom. The number of fused-ring (bicyclic) bond motifs is 4. The van der Waals surface area contributed by atoms with Crippen LogP contribution in [0.15, 0.2) is 244 Å². The number of benzene rings is 7. The van der Waals surface area contributed by atoms with Crippen molar-refractivity contribution in [3.05, 3.63) is 294 Å². The van der Waals surface area contributed by atoms with Crippen molar-refractivity contribution in [1.82, 2.24) is 0 Å². The molecule has 7 aromatic carbocycles. The Bertz CT molecular complexity index is 3040. The minimum Gasteiger partial charge on any atom is -0.103 e. The van der Waals surface area contributed by atoms with Crippen LogP contribution in [-0.4, -0.2) is 0 Å². The maximum atomic E-state index is 4.02. The van der Waals surface area contributed by atoms with Crippen LogP contribution in [0.1, 0.15) is 104 Å². The van der Waals surface area contributed by atoms with E-state index in [0.717, 1.165) is 12.8 Å². The maximum Gasteiger partial charge on any atom is 0.0158 e. The van der Waals surface area contributed by atoms with Crippen molar-refractivity contribution in [3.63, 3.8) is 0 Å². The van der Waals surface area contributed by atoms with Crippen molar-refractivity contribution in [1.29, 1.82) is 0 Å². The highest BCUT2D eigenvalue weighted by Gasteiger charge is 2.34. The molecule has 0 aliphatic heterocycles. The predicted octanol–water partition coefficient (Wildman–Crippen LogP) is 20.0. The van der Waals surface area contributed by atoms with Gasteiger partial charge in [-0.1, -0.05) is 263 Å². The number of aryl methyl sites for hydroxylation is 3. The van der Waals surface area contributed by atoms with Crippen LogP contribution >= 0.6 is 0 Å². The molecule has 0 nitrogen and oxygen atoms in total. The zero-order valence-corrected chi connectivity index (χ0v) is 44.1. The van der Waals surface area contributed by atoms with Crippen LogP contribution in [0.4, 0.5) is 0 Å². The van der Waals surface area contributed by atoms with Gasteiger partial charge in [0.15, 0.2) is 0 Å². The third kappa shape index (κ3) is 13.3. The summed E-state index contributed by atoms with van der Waals surface area (Å²) in [6.45, 7) is 30.5. The van der Waals surface area contributed by atoms with Gasteiger partial charge in [0.1, 0.15) is 0 Å². The van der Waals surface area contributed by atoms with E-state index in [0.29, 0.717) is 17.8 Å². The Kier molecular flexibility index (Phi) is 19.1. The average Bonchev–Trinajstić information content (AvgIpc) is 3.60. The molecule has 0 fully saturated rings. The third-order valence-corrected chi connectivity index (χ3v) is 13.7. The molecule has 0 aromatic heterocycles. The molecule has 9 rings (SSSR count). The second-order valence-electron chi connectivity index (χ2n) is 19.5. The normalized spacial score (nSPS) is 15.7. The van der Waals surface area contributed by atoms with E-state index >= 15 is 0 Å². The summed E-state index contributed by atoms with van der Waals surface area (Å²) in [6, 6.07) is 55.5. The van der Waals surface area contributed by atoms with Crippen LogP contribution in [0.5, 0.6) is 0 Å². The fourth-order valence-electron chi connectivity index (χ4n) is 9.93. The highest BCUT2D eigenvalue weighted by molar-refractivity contribution is 5.88. The van der Waals surface area contributed by atoms with Gasteiger partial charge in [-0.25, -0.2) is 0 Å². The van der Waals surface area contributed by atoms with Gasteiger partial charge < -0.3 is 0 Å². The molecule has 0 radical (unpaired) electrons. The van der Waals surface area contributed by atoms with Crippen LogP contribution in [0.2, 0.25) is 0 Å². The van der Waals surface area contributed by atoms with E-state index in [4.69, 9.17) is 0 Å². The van der Waals surface area contributed by atoms with Gasteiger partial charge in [0.05, 0.1) is 0 Å². The number of hydrogen-bond donors (Lipinski definition) is 0. The summed E-state index contributed by atoms with van der Waals surface area (Å²) < 4.78 is 0. The lowest BCUT2D eigenvalue weighted by molar-refractivity contribution is 0.617. The monoisotopic (exact) mass is 929 g/mol. The van der Waals surface area contributed by atoms with Crippen molar-refractivity contribution in [2.75, 3.05) is 0 Å². The maximum absolute atomic E-state index is 4.02. The van der Waals surface area contributed by atoms with Gasteiger partial charge in [0, 0.05) is 17.3 Å². The summed E-state index contributed by atoms with van der Waals surface area (Å²) in [6.07, 6.45) is 25.4. The van der Waals surface area contributed by atoms with Crippen LogP contribution in [0, 0.1) is 32.6 Å². The first-order valence-electron chi connectivity index (χ1n) is 25.5. The van der Waals surface area contributed by atoms with E-state index in [1.165, 1.54) is 94.2 Å². The Hall–Kier alpha value is -7.28. The first kappa shape index (κ1) is 53.1. The Balaban J connectivity index is 0.000000204.